The smallest absolute Gasteiger partial charge is 0.339 e. The van der Waals surface area contributed by atoms with Gasteiger partial charge in [-0.2, -0.15) is 0 Å². The van der Waals surface area contributed by atoms with E-state index in [0.29, 0.717) is 12.1 Å². The molecule has 1 rings (SSSR count). The maximum absolute atomic E-state index is 11.7. The second kappa shape index (κ2) is 5.08. The van der Waals surface area contributed by atoms with Crippen LogP contribution in [-0.4, -0.2) is 22.1 Å². The molecule has 3 N–H and O–H groups in total. The van der Waals surface area contributed by atoms with Crippen molar-refractivity contribution in [3.05, 3.63) is 23.8 Å². The van der Waals surface area contributed by atoms with Crippen molar-refractivity contribution in [3.63, 3.8) is 0 Å². The van der Waals surface area contributed by atoms with Crippen LogP contribution in [0.2, 0.25) is 0 Å². The number of carboxylic acids is 1. The molecule has 0 radical (unpaired) electrons. The predicted octanol–water partition coefficient (Wildman–Crippen LogP) is 2.47. The molecule has 0 heterocycles. The lowest BCUT2D eigenvalue weighted by Crippen LogP contribution is -2.19. The zero-order valence-corrected chi connectivity index (χ0v) is 10.7. The minimum absolute atomic E-state index is 0.142. The monoisotopic (exact) mass is 251 g/mol. The summed E-state index contributed by atoms with van der Waals surface area (Å²) in [6.07, 6.45) is 0.330. The average Bonchev–Trinajstić information content (AvgIpc) is 2.17. The van der Waals surface area contributed by atoms with E-state index < -0.39 is 5.97 Å². The molecule has 0 saturated carbocycles. The van der Waals surface area contributed by atoms with Crippen molar-refractivity contribution < 1.29 is 19.8 Å². The van der Waals surface area contributed by atoms with Crippen LogP contribution >= 0.6 is 0 Å². The zero-order valence-electron chi connectivity index (χ0n) is 10.7. The van der Waals surface area contributed by atoms with E-state index in [0.717, 1.165) is 0 Å². The second-order valence-electron chi connectivity index (χ2n) is 5.32. The molecule has 0 fully saturated rings. The highest BCUT2D eigenvalue weighted by atomic mass is 16.4. The Morgan fingerprint density at radius 3 is 2.39 bits per heavy atom. The number of carbonyl (C=O) groups excluding carboxylic acids is 1. The van der Waals surface area contributed by atoms with Crippen molar-refractivity contribution in [1.29, 1.82) is 0 Å². The molecule has 1 amide bonds. The molecule has 0 saturated heterocycles. The van der Waals surface area contributed by atoms with Gasteiger partial charge < -0.3 is 15.5 Å². The molecule has 0 bridgehead atoms. The number of rotatable bonds is 3. The maximum Gasteiger partial charge on any atom is 0.339 e. The van der Waals surface area contributed by atoms with Crippen molar-refractivity contribution in [2.75, 3.05) is 5.32 Å². The SMILES string of the molecule is CC(C)(C)CC(=O)Nc1ccc(O)c(C(=O)O)c1. The van der Waals surface area contributed by atoms with E-state index in [1.54, 1.807) is 0 Å². The Bertz CT molecular complexity index is 474. The fourth-order valence-corrected chi connectivity index (χ4v) is 1.47. The number of amides is 1. The first-order valence-corrected chi connectivity index (χ1v) is 5.55. The van der Waals surface area contributed by atoms with Crippen LogP contribution in [0.4, 0.5) is 5.69 Å². The Morgan fingerprint density at radius 2 is 1.89 bits per heavy atom. The normalized spacial score (nSPS) is 11.1. The first-order valence-electron chi connectivity index (χ1n) is 5.55. The van der Waals surface area contributed by atoms with Crippen LogP contribution in [0.25, 0.3) is 0 Å². The van der Waals surface area contributed by atoms with Gasteiger partial charge in [-0.1, -0.05) is 20.8 Å². The molecule has 0 aromatic heterocycles. The number of hydrogen-bond acceptors (Lipinski definition) is 3. The number of aromatic hydroxyl groups is 1. The Hall–Kier alpha value is -2.04. The molecule has 0 spiro atoms. The van der Waals surface area contributed by atoms with Gasteiger partial charge in [0.15, 0.2) is 0 Å². The van der Waals surface area contributed by atoms with Crippen LogP contribution in [0.5, 0.6) is 5.75 Å². The van der Waals surface area contributed by atoms with Gasteiger partial charge in [0.1, 0.15) is 11.3 Å². The summed E-state index contributed by atoms with van der Waals surface area (Å²) in [5.74, 6) is -1.75. The zero-order chi connectivity index (χ0) is 13.9. The fourth-order valence-electron chi connectivity index (χ4n) is 1.47. The number of nitrogens with one attached hydrogen (secondary N) is 1. The third kappa shape index (κ3) is 4.08. The van der Waals surface area contributed by atoms with Crippen molar-refractivity contribution >= 4 is 17.6 Å². The number of carboxylic acid groups (broad SMARTS) is 1. The predicted molar refractivity (Wildman–Crippen MR) is 67.8 cm³/mol. The number of carbonyl (C=O) groups is 2. The van der Waals surface area contributed by atoms with E-state index >= 15 is 0 Å². The van der Waals surface area contributed by atoms with Crippen LogP contribution in [-0.2, 0) is 4.79 Å². The molecule has 0 aliphatic rings. The summed E-state index contributed by atoms with van der Waals surface area (Å²) in [6, 6.07) is 3.94. The number of aromatic carboxylic acids is 1. The van der Waals surface area contributed by atoms with Gasteiger partial charge in [-0.15, -0.1) is 0 Å². The standard InChI is InChI=1S/C13H17NO4/c1-13(2,3)7-11(16)14-8-4-5-10(15)9(6-8)12(17)18/h4-6,15H,7H2,1-3H3,(H,14,16)(H,17,18). The number of anilines is 1. The van der Waals surface area contributed by atoms with E-state index in [4.69, 9.17) is 5.11 Å². The molecule has 0 aliphatic heterocycles. The van der Waals surface area contributed by atoms with Gasteiger partial charge in [0.05, 0.1) is 0 Å². The lowest BCUT2D eigenvalue weighted by Gasteiger charge is -2.17. The Labute approximate surface area is 105 Å². The first-order chi connectivity index (χ1) is 8.19. The van der Waals surface area contributed by atoms with Crippen LogP contribution in [0.1, 0.15) is 37.6 Å². The maximum atomic E-state index is 11.7. The number of hydrogen-bond donors (Lipinski definition) is 3. The van der Waals surface area contributed by atoms with Gasteiger partial charge in [-0.3, -0.25) is 4.79 Å². The number of benzene rings is 1. The topological polar surface area (TPSA) is 86.6 Å². The molecule has 18 heavy (non-hydrogen) atoms. The van der Waals surface area contributed by atoms with Gasteiger partial charge in [0.2, 0.25) is 5.91 Å². The van der Waals surface area contributed by atoms with E-state index in [1.807, 2.05) is 20.8 Å². The lowest BCUT2D eigenvalue weighted by molar-refractivity contribution is -0.117. The third-order valence-corrected chi connectivity index (χ3v) is 2.20. The molecule has 1 aromatic rings. The van der Waals surface area contributed by atoms with Crippen LogP contribution in [0, 0.1) is 5.41 Å². The molecule has 5 nitrogen and oxygen atoms in total. The van der Waals surface area contributed by atoms with Crippen molar-refractivity contribution in [2.45, 2.75) is 27.2 Å². The molecule has 0 unspecified atom stereocenters. The second-order valence-corrected chi connectivity index (χ2v) is 5.32. The van der Waals surface area contributed by atoms with Gasteiger partial charge in [0, 0.05) is 12.1 Å². The molecule has 0 atom stereocenters. The average molecular weight is 251 g/mol. The molecule has 5 heteroatoms. The Kier molecular flexibility index (Phi) is 3.96. The van der Waals surface area contributed by atoms with Crippen LogP contribution in [0.3, 0.4) is 0 Å². The van der Waals surface area contributed by atoms with Crippen molar-refractivity contribution in [2.24, 2.45) is 5.41 Å². The van der Waals surface area contributed by atoms with Gasteiger partial charge in [-0.25, -0.2) is 4.79 Å². The van der Waals surface area contributed by atoms with Crippen LogP contribution in [0.15, 0.2) is 18.2 Å². The lowest BCUT2D eigenvalue weighted by atomic mass is 9.92. The Morgan fingerprint density at radius 1 is 1.28 bits per heavy atom. The molecular formula is C13H17NO4. The first kappa shape index (κ1) is 14.0. The van der Waals surface area contributed by atoms with Gasteiger partial charge in [-0.05, 0) is 23.6 Å². The Balaban J connectivity index is 2.83. The van der Waals surface area contributed by atoms with E-state index in [2.05, 4.69) is 5.32 Å². The minimum Gasteiger partial charge on any atom is -0.507 e. The fraction of sp³-hybridized carbons (Fsp3) is 0.385. The summed E-state index contributed by atoms with van der Waals surface area (Å²) in [6.45, 7) is 5.81. The molecule has 1 aromatic carbocycles. The molecule has 0 aliphatic carbocycles. The highest BCUT2D eigenvalue weighted by Gasteiger charge is 2.17. The quantitative estimate of drug-likeness (QED) is 0.720. The van der Waals surface area contributed by atoms with Crippen LogP contribution < -0.4 is 5.32 Å². The highest BCUT2D eigenvalue weighted by Crippen LogP contribution is 2.23. The third-order valence-electron chi connectivity index (χ3n) is 2.20. The summed E-state index contributed by atoms with van der Waals surface area (Å²) in [5, 5.41) is 20.8. The van der Waals surface area contributed by atoms with Crippen molar-refractivity contribution in [3.8, 4) is 5.75 Å². The summed E-state index contributed by atoms with van der Waals surface area (Å²) >= 11 is 0. The largest absolute Gasteiger partial charge is 0.507 e. The molecule has 98 valence electrons. The van der Waals surface area contributed by atoms with Gasteiger partial charge >= 0.3 is 5.97 Å². The minimum atomic E-state index is -1.24. The molecular weight excluding hydrogens is 234 g/mol. The van der Waals surface area contributed by atoms with E-state index in [-0.39, 0.29) is 22.6 Å². The van der Waals surface area contributed by atoms with E-state index in [9.17, 15) is 14.7 Å². The van der Waals surface area contributed by atoms with Crippen molar-refractivity contribution in [1.82, 2.24) is 0 Å². The summed E-state index contributed by atoms with van der Waals surface area (Å²) in [4.78, 5) is 22.5. The summed E-state index contributed by atoms with van der Waals surface area (Å²) in [5.41, 5.74) is -0.0144. The summed E-state index contributed by atoms with van der Waals surface area (Å²) < 4.78 is 0. The van der Waals surface area contributed by atoms with E-state index in [1.165, 1.54) is 18.2 Å². The summed E-state index contributed by atoms with van der Waals surface area (Å²) in [7, 11) is 0. The number of phenols is 1. The highest BCUT2D eigenvalue weighted by molar-refractivity contribution is 5.95. The van der Waals surface area contributed by atoms with Gasteiger partial charge in [0.25, 0.3) is 0 Å².